The van der Waals surface area contributed by atoms with Gasteiger partial charge in [-0.3, -0.25) is 0 Å². The molecule has 0 amide bonds. The van der Waals surface area contributed by atoms with Crippen molar-refractivity contribution in [2.75, 3.05) is 11.1 Å². The number of hydrogen-bond acceptors (Lipinski definition) is 4. The van der Waals surface area contributed by atoms with Crippen molar-refractivity contribution in [3.8, 4) is 0 Å². The number of benzene rings is 1. The van der Waals surface area contributed by atoms with Crippen LogP contribution >= 0.6 is 15.9 Å². The topological polar surface area (TPSA) is 63.8 Å². The summed E-state index contributed by atoms with van der Waals surface area (Å²) in [6.07, 6.45) is 3.02. The first-order chi connectivity index (χ1) is 7.25. The maximum Gasteiger partial charge on any atom is 0.157 e. The highest BCUT2D eigenvalue weighted by Gasteiger charge is 1.99. The summed E-state index contributed by atoms with van der Waals surface area (Å²) in [5.74, 6) is 0.618. The van der Waals surface area contributed by atoms with Crippen molar-refractivity contribution in [2.45, 2.75) is 0 Å². The zero-order valence-electron chi connectivity index (χ0n) is 7.81. The molecular weight excluding hydrogens is 256 g/mol. The van der Waals surface area contributed by atoms with Crippen LogP contribution < -0.4 is 11.1 Å². The maximum atomic E-state index is 5.70. The SMILES string of the molecule is Nc1cncnc1Nc1ccc(Br)cc1. The summed E-state index contributed by atoms with van der Waals surface area (Å²) in [4.78, 5) is 7.85. The lowest BCUT2D eigenvalue weighted by atomic mass is 10.3. The lowest BCUT2D eigenvalue weighted by Crippen LogP contribution is -1.99. The Labute approximate surface area is 95.7 Å². The van der Waals surface area contributed by atoms with E-state index in [1.54, 1.807) is 6.20 Å². The lowest BCUT2D eigenvalue weighted by Gasteiger charge is -2.06. The molecular formula is C10H9BrN4. The second kappa shape index (κ2) is 4.27. The van der Waals surface area contributed by atoms with E-state index in [-0.39, 0.29) is 0 Å². The molecule has 0 atom stereocenters. The van der Waals surface area contributed by atoms with E-state index in [4.69, 9.17) is 5.73 Å². The molecule has 0 saturated heterocycles. The van der Waals surface area contributed by atoms with Gasteiger partial charge in [-0.2, -0.15) is 0 Å². The zero-order valence-corrected chi connectivity index (χ0v) is 9.40. The number of halogens is 1. The number of nitrogens with zero attached hydrogens (tertiary/aromatic N) is 2. The molecule has 0 fully saturated rings. The van der Waals surface area contributed by atoms with Gasteiger partial charge in [-0.25, -0.2) is 9.97 Å². The van der Waals surface area contributed by atoms with Gasteiger partial charge in [-0.05, 0) is 24.3 Å². The summed E-state index contributed by atoms with van der Waals surface area (Å²) in [7, 11) is 0. The van der Waals surface area contributed by atoms with Crippen LogP contribution in [0.3, 0.4) is 0 Å². The molecule has 3 N–H and O–H groups in total. The third kappa shape index (κ3) is 2.44. The minimum atomic E-state index is 0.528. The third-order valence-electron chi connectivity index (χ3n) is 1.85. The van der Waals surface area contributed by atoms with Gasteiger partial charge >= 0.3 is 0 Å². The Kier molecular flexibility index (Phi) is 2.82. The average molecular weight is 265 g/mol. The van der Waals surface area contributed by atoms with Gasteiger partial charge in [0.05, 0.1) is 11.9 Å². The van der Waals surface area contributed by atoms with Crippen molar-refractivity contribution >= 4 is 33.1 Å². The van der Waals surface area contributed by atoms with Crippen LogP contribution in [0.1, 0.15) is 0 Å². The van der Waals surface area contributed by atoms with Crippen LogP contribution in [0.5, 0.6) is 0 Å². The molecule has 0 unspecified atom stereocenters. The minimum Gasteiger partial charge on any atom is -0.394 e. The van der Waals surface area contributed by atoms with Gasteiger partial charge in [0.15, 0.2) is 5.82 Å². The number of nitrogens with one attached hydrogen (secondary N) is 1. The molecule has 2 rings (SSSR count). The smallest absolute Gasteiger partial charge is 0.157 e. The van der Waals surface area contributed by atoms with E-state index in [0.29, 0.717) is 11.5 Å². The van der Waals surface area contributed by atoms with Gasteiger partial charge in [-0.15, -0.1) is 0 Å². The van der Waals surface area contributed by atoms with Crippen molar-refractivity contribution in [3.05, 3.63) is 41.3 Å². The average Bonchev–Trinajstić information content (AvgIpc) is 2.25. The molecule has 0 aliphatic rings. The van der Waals surface area contributed by atoms with Gasteiger partial charge < -0.3 is 11.1 Å². The first kappa shape index (κ1) is 9.92. The number of hydrogen-bond donors (Lipinski definition) is 2. The highest BCUT2D eigenvalue weighted by Crippen LogP contribution is 2.20. The summed E-state index contributed by atoms with van der Waals surface area (Å²) < 4.78 is 1.03. The van der Waals surface area contributed by atoms with E-state index in [2.05, 4.69) is 31.2 Å². The molecule has 1 aromatic carbocycles. The number of rotatable bonds is 2. The van der Waals surface area contributed by atoms with Crippen molar-refractivity contribution < 1.29 is 0 Å². The first-order valence-electron chi connectivity index (χ1n) is 4.34. The normalized spacial score (nSPS) is 9.93. The summed E-state index contributed by atoms with van der Waals surface area (Å²) in [5.41, 5.74) is 7.16. The molecule has 1 aromatic heterocycles. The van der Waals surface area contributed by atoms with E-state index in [0.717, 1.165) is 10.2 Å². The Bertz CT molecular complexity index is 455. The van der Waals surface area contributed by atoms with Crippen molar-refractivity contribution in [1.82, 2.24) is 9.97 Å². The molecule has 5 heteroatoms. The largest absolute Gasteiger partial charge is 0.394 e. The number of nitrogen functional groups attached to an aromatic ring is 1. The number of nitrogens with two attached hydrogens (primary N) is 1. The van der Waals surface area contributed by atoms with Crippen LogP contribution in [0.4, 0.5) is 17.2 Å². The Morgan fingerprint density at radius 1 is 1.20 bits per heavy atom. The minimum absolute atomic E-state index is 0.528. The van der Waals surface area contributed by atoms with Gasteiger partial charge in [0.1, 0.15) is 6.33 Å². The molecule has 0 aliphatic carbocycles. The van der Waals surface area contributed by atoms with E-state index < -0.39 is 0 Å². The van der Waals surface area contributed by atoms with Crippen molar-refractivity contribution in [2.24, 2.45) is 0 Å². The predicted octanol–water partition coefficient (Wildman–Crippen LogP) is 2.56. The molecule has 0 saturated carbocycles. The van der Waals surface area contributed by atoms with Crippen molar-refractivity contribution in [3.63, 3.8) is 0 Å². The zero-order chi connectivity index (χ0) is 10.7. The predicted molar refractivity (Wildman–Crippen MR) is 63.9 cm³/mol. The van der Waals surface area contributed by atoms with Crippen LogP contribution in [0, 0.1) is 0 Å². The molecule has 0 radical (unpaired) electrons. The van der Waals surface area contributed by atoms with Crippen LogP contribution in [0.15, 0.2) is 41.3 Å². The van der Waals surface area contributed by atoms with Crippen LogP contribution in [-0.4, -0.2) is 9.97 Å². The fraction of sp³-hybridized carbons (Fsp3) is 0. The fourth-order valence-corrected chi connectivity index (χ4v) is 1.38. The molecule has 4 nitrogen and oxygen atoms in total. The highest BCUT2D eigenvalue weighted by atomic mass is 79.9. The Balaban J connectivity index is 2.22. The standard InChI is InChI=1S/C10H9BrN4/c11-7-1-3-8(4-2-7)15-10-9(12)5-13-6-14-10/h1-6H,12H2,(H,13,14,15). The first-order valence-corrected chi connectivity index (χ1v) is 5.13. The molecule has 0 bridgehead atoms. The van der Waals surface area contributed by atoms with Gasteiger partial charge in [-0.1, -0.05) is 15.9 Å². The van der Waals surface area contributed by atoms with Gasteiger partial charge in [0.2, 0.25) is 0 Å². The van der Waals surface area contributed by atoms with Crippen LogP contribution in [0.2, 0.25) is 0 Å². The molecule has 0 spiro atoms. The van der Waals surface area contributed by atoms with E-state index >= 15 is 0 Å². The van der Waals surface area contributed by atoms with Gasteiger partial charge in [0, 0.05) is 10.2 Å². The Morgan fingerprint density at radius 3 is 2.60 bits per heavy atom. The van der Waals surface area contributed by atoms with E-state index in [1.165, 1.54) is 6.33 Å². The monoisotopic (exact) mass is 264 g/mol. The molecule has 76 valence electrons. The summed E-state index contributed by atoms with van der Waals surface area (Å²) >= 11 is 3.37. The third-order valence-corrected chi connectivity index (χ3v) is 2.38. The second-order valence-corrected chi connectivity index (χ2v) is 3.87. The summed E-state index contributed by atoms with van der Waals surface area (Å²) in [6, 6.07) is 7.76. The lowest BCUT2D eigenvalue weighted by molar-refractivity contribution is 1.17. The maximum absolute atomic E-state index is 5.70. The van der Waals surface area contributed by atoms with Crippen LogP contribution in [0.25, 0.3) is 0 Å². The summed E-state index contributed by atoms with van der Waals surface area (Å²) in [5, 5.41) is 3.10. The quantitative estimate of drug-likeness (QED) is 0.875. The summed E-state index contributed by atoms with van der Waals surface area (Å²) in [6.45, 7) is 0. The highest BCUT2D eigenvalue weighted by molar-refractivity contribution is 9.10. The second-order valence-electron chi connectivity index (χ2n) is 2.96. The molecule has 1 heterocycles. The van der Waals surface area contributed by atoms with Gasteiger partial charge in [0.25, 0.3) is 0 Å². The fourth-order valence-electron chi connectivity index (χ4n) is 1.11. The van der Waals surface area contributed by atoms with E-state index in [9.17, 15) is 0 Å². The Morgan fingerprint density at radius 2 is 1.93 bits per heavy atom. The molecule has 2 aromatic rings. The Hall–Kier alpha value is -1.62. The molecule has 0 aliphatic heterocycles. The van der Waals surface area contributed by atoms with Crippen LogP contribution in [-0.2, 0) is 0 Å². The number of aromatic nitrogens is 2. The van der Waals surface area contributed by atoms with Crippen molar-refractivity contribution in [1.29, 1.82) is 0 Å². The molecule has 15 heavy (non-hydrogen) atoms. The number of anilines is 3. The van der Waals surface area contributed by atoms with E-state index in [1.807, 2.05) is 24.3 Å².